The number of benzene rings is 2. The molecule has 2 N–H and O–H groups in total. The highest BCUT2D eigenvalue weighted by molar-refractivity contribution is 6.21. The van der Waals surface area contributed by atoms with Gasteiger partial charge < -0.3 is 19.6 Å². The van der Waals surface area contributed by atoms with E-state index in [2.05, 4.69) is 15.0 Å². The van der Waals surface area contributed by atoms with Crippen LogP contribution in [0.2, 0.25) is 0 Å². The highest BCUT2D eigenvalue weighted by Crippen LogP contribution is 2.42. The Morgan fingerprint density at radius 1 is 0.889 bits per heavy atom. The van der Waals surface area contributed by atoms with Gasteiger partial charge in [-0.3, -0.25) is 9.97 Å². The molecule has 0 aliphatic carbocycles. The van der Waals surface area contributed by atoms with Crippen molar-refractivity contribution in [2.75, 3.05) is 6.79 Å². The zero-order valence-corrected chi connectivity index (χ0v) is 13.9. The molecular formula is C20H12N4O3. The van der Waals surface area contributed by atoms with E-state index >= 15 is 0 Å². The van der Waals surface area contributed by atoms with E-state index in [9.17, 15) is 5.11 Å². The Bertz CT molecular complexity index is 1300. The van der Waals surface area contributed by atoms with E-state index in [4.69, 9.17) is 14.5 Å². The number of phenolic OH excluding ortho intramolecular Hbond substituents is 1. The minimum atomic E-state index is 0.0724. The molecule has 5 aromatic rings. The summed E-state index contributed by atoms with van der Waals surface area (Å²) >= 11 is 0. The summed E-state index contributed by atoms with van der Waals surface area (Å²) in [5.41, 5.74) is 3.79. The van der Waals surface area contributed by atoms with Gasteiger partial charge in [-0.2, -0.15) is 0 Å². The van der Waals surface area contributed by atoms with Gasteiger partial charge in [0.15, 0.2) is 11.5 Å². The number of nitrogens with zero attached hydrogens (tertiary/aromatic N) is 3. The molecular weight excluding hydrogens is 344 g/mol. The third kappa shape index (κ3) is 1.93. The lowest BCUT2D eigenvalue weighted by molar-refractivity contribution is 0.174. The average molecular weight is 356 g/mol. The first-order chi connectivity index (χ1) is 13.3. The molecule has 0 saturated heterocycles. The van der Waals surface area contributed by atoms with Gasteiger partial charge in [-0.05, 0) is 30.3 Å². The zero-order valence-electron chi connectivity index (χ0n) is 13.9. The lowest BCUT2D eigenvalue weighted by atomic mass is 10.1. The van der Waals surface area contributed by atoms with Gasteiger partial charge in [-0.15, -0.1) is 0 Å². The zero-order chi connectivity index (χ0) is 18.0. The van der Waals surface area contributed by atoms with Gasteiger partial charge >= 0.3 is 0 Å². The van der Waals surface area contributed by atoms with Gasteiger partial charge in [-0.25, -0.2) is 4.98 Å². The van der Waals surface area contributed by atoms with Gasteiger partial charge in [0, 0.05) is 29.2 Å². The van der Waals surface area contributed by atoms with E-state index in [1.54, 1.807) is 24.5 Å². The van der Waals surface area contributed by atoms with Crippen molar-refractivity contribution in [3.8, 4) is 28.6 Å². The number of imidazole rings is 1. The van der Waals surface area contributed by atoms with E-state index in [1.807, 2.05) is 24.3 Å². The summed E-state index contributed by atoms with van der Waals surface area (Å²) in [6, 6.07) is 11.0. The van der Waals surface area contributed by atoms with E-state index in [0.717, 1.165) is 32.8 Å². The number of ether oxygens (including phenoxy) is 2. The molecule has 0 saturated carbocycles. The number of aromatic amines is 1. The number of H-pyrrole nitrogens is 1. The number of aromatic hydroxyl groups is 1. The maximum Gasteiger partial charge on any atom is 0.231 e. The molecule has 0 unspecified atom stereocenters. The predicted molar refractivity (Wildman–Crippen MR) is 99.9 cm³/mol. The number of hydrogen-bond donors (Lipinski definition) is 2. The van der Waals surface area contributed by atoms with Crippen molar-refractivity contribution in [3.63, 3.8) is 0 Å². The number of phenols is 1. The Balaban J connectivity index is 1.72. The summed E-state index contributed by atoms with van der Waals surface area (Å²) < 4.78 is 10.8. The maximum atomic E-state index is 10.5. The molecule has 7 heteroatoms. The minimum Gasteiger partial charge on any atom is -0.507 e. The second kappa shape index (κ2) is 5.07. The number of aromatic nitrogens is 4. The van der Waals surface area contributed by atoms with Crippen LogP contribution in [0, 0.1) is 0 Å². The van der Waals surface area contributed by atoms with Crippen LogP contribution in [0.4, 0.5) is 0 Å². The molecule has 3 aromatic heterocycles. The largest absolute Gasteiger partial charge is 0.507 e. The summed E-state index contributed by atoms with van der Waals surface area (Å²) in [6.07, 6.45) is 3.50. The second-order valence-electron chi connectivity index (χ2n) is 6.33. The lowest BCUT2D eigenvalue weighted by Crippen LogP contribution is -1.92. The van der Waals surface area contributed by atoms with Gasteiger partial charge in [0.05, 0.1) is 27.6 Å². The fourth-order valence-electron chi connectivity index (χ4n) is 3.59. The summed E-state index contributed by atoms with van der Waals surface area (Å²) in [5.74, 6) is 1.73. The minimum absolute atomic E-state index is 0.0724. The second-order valence-corrected chi connectivity index (χ2v) is 6.33. The fourth-order valence-corrected chi connectivity index (χ4v) is 3.59. The number of nitrogens with one attached hydrogen (secondary N) is 1. The number of fused-ring (bicyclic) bond motifs is 7. The Kier molecular flexibility index (Phi) is 2.69. The molecule has 0 spiro atoms. The number of hydrogen-bond acceptors (Lipinski definition) is 6. The van der Waals surface area contributed by atoms with Gasteiger partial charge in [0.2, 0.25) is 6.79 Å². The molecule has 0 fully saturated rings. The SMILES string of the molecule is Oc1cc2c(cc1-c1nc3c4cccnc4c4ncccc4c3[nH]1)OCO2. The van der Waals surface area contributed by atoms with Crippen LogP contribution in [0.25, 0.3) is 44.2 Å². The normalized spacial score (nSPS) is 13.0. The van der Waals surface area contributed by atoms with Crippen LogP contribution < -0.4 is 9.47 Å². The van der Waals surface area contributed by atoms with Gasteiger partial charge in [0.25, 0.3) is 0 Å². The van der Waals surface area contributed by atoms with Crippen LogP contribution in [0.3, 0.4) is 0 Å². The third-order valence-corrected chi connectivity index (χ3v) is 4.81. The highest BCUT2D eigenvalue weighted by Gasteiger charge is 2.21. The standard InChI is InChI=1S/C20H12N4O3/c25-13-8-15-14(26-9-27-15)7-12(13)20-23-18-10-3-1-5-21-16(10)17-11(19(18)24-20)4-2-6-22-17/h1-8,25H,9H2,(H,23,24). The first-order valence-corrected chi connectivity index (χ1v) is 8.44. The van der Waals surface area contributed by atoms with Crippen LogP contribution in [-0.2, 0) is 0 Å². The summed E-state index contributed by atoms with van der Waals surface area (Å²) in [4.78, 5) is 17.1. The van der Waals surface area contributed by atoms with Crippen LogP contribution in [0.15, 0.2) is 48.8 Å². The van der Waals surface area contributed by atoms with Crippen molar-refractivity contribution in [2.24, 2.45) is 0 Å². The van der Waals surface area contributed by atoms with Crippen molar-refractivity contribution in [1.82, 2.24) is 19.9 Å². The Morgan fingerprint density at radius 2 is 1.59 bits per heavy atom. The molecule has 2 aromatic carbocycles. The molecule has 0 bridgehead atoms. The first kappa shape index (κ1) is 14.3. The monoisotopic (exact) mass is 356 g/mol. The van der Waals surface area contributed by atoms with Crippen molar-refractivity contribution in [1.29, 1.82) is 0 Å². The fraction of sp³-hybridized carbons (Fsp3) is 0.0500. The lowest BCUT2D eigenvalue weighted by Gasteiger charge is -2.03. The molecule has 7 nitrogen and oxygen atoms in total. The number of pyridine rings is 2. The molecule has 1 aliphatic heterocycles. The van der Waals surface area contributed by atoms with Crippen molar-refractivity contribution in [2.45, 2.75) is 0 Å². The molecule has 6 rings (SSSR count). The Morgan fingerprint density at radius 3 is 2.41 bits per heavy atom. The molecule has 1 aliphatic rings. The molecule has 0 amide bonds. The molecule has 0 radical (unpaired) electrons. The van der Waals surface area contributed by atoms with E-state index in [0.29, 0.717) is 22.9 Å². The van der Waals surface area contributed by atoms with E-state index < -0.39 is 0 Å². The van der Waals surface area contributed by atoms with Crippen LogP contribution in [0.1, 0.15) is 0 Å². The number of rotatable bonds is 1. The maximum absolute atomic E-state index is 10.5. The average Bonchev–Trinajstić information content (AvgIpc) is 3.34. The summed E-state index contributed by atoms with van der Waals surface area (Å²) in [5, 5.41) is 12.3. The molecule has 0 atom stereocenters. The van der Waals surface area contributed by atoms with Gasteiger partial charge in [-0.1, -0.05) is 0 Å². The highest BCUT2D eigenvalue weighted by atomic mass is 16.7. The van der Waals surface area contributed by atoms with Crippen molar-refractivity contribution >= 4 is 32.8 Å². The van der Waals surface area contributed by atoms with Gasteiger partial charge in [0.1, 0.15) is 11.6 Å². The van der Waals surface area contributed by atoms with E-state index in [-0.39, 0.29) is 12.5 Å². The predicted octanol–water partition coefficient (Wildman–Crippen LogP) is 3.76. The molecule has 27 heavy (non-hydrogen) atoms. The van der Waals surface area contributed by atoms with Crippen molar-refractivity contribution in [3.05, 3.63) is 48.8 Å². The Labute approximate surface area is 152 Å². The quantitative estimate of drug-likeness (QED) is 0.444. The van der Waals surface area contributed by atoms with Crippen LogP contribution in [0.5, 0.6) is 17.2 Å². The molecule has 130 valence electrons. The first-order valence-electron chi connectivity index (χ1n) is 8.44. The van der Waals surface area contributed by atoms with Crippen LogP contribution >= 0.6 is 0 Å². The smallest absolute Gasteiger partial charge is 0.231 e. The van der Waals surface area contributed by atoms with E-state index in [1.165, 1.54) is 0 Å². The Hall–Kier alpha value is -3.87. The van der Waals surface area contributed by atoms with Crippen molar-refractivity contribution < 1.29 is 14.6 Å². The molecule has 4 heterocycles. The summed E-state index contributed by atoms with van der Waals surface area (Å²) in [6.45, 7) is 0.144. The topological polar surface area (TPSA) is 93.2 Å². The summed E-state index contributed by atoms with van der Waals surface area (Å²) in [7, 11) is 0. The van der Waals surface area contributed by atoms with Crippen LogP contribution in [-0.4, -0.2) is 31.8 Å². The third-order valence-electron chi connectivity index (χ3n) is 4.81.